The molecule has 0 aliphatic carbocycles. The molecule has 5 nitrogen and oxygen atoms in total. The molecule has 1 aromatic heterocycles. The molecule has 0 saturated carbocycles. The normalized spacial score (nSPS) is 22.7. The minimum Gasteiger partial charge on any atom is -0.460 e. The monoisotopic (exact) mass is 375 g/mol. The second kappa shape index (κ2) is 7.74. The fourth-order valence-electron chi connectivity index (χ4n) is 3.79. The van der Waals surface area contributed by atoms with Crippen molar-refractivity contribution in [3.8, 4) is 0 Å². The first-order valence-electron chi connectivity index (χ1n) is 9.28. The smallest absolute Gasteiger partial charge is 0.320 e. The lowest BCUT2D eigenvalue weighted by atomic mass is 9.76. The highest BCUT2D eigenvalue weighted by atomic mass is 32.1. The summed E-state index contributed by atoms with van der Waals surface area (Å²) in [4.78, 5) is 37.1. The largest absolute Gasteiger partial charge is 0.460 e. The summed E-state index contributed by atoms with van der Waals surface area (Å²) >= 11 is 1.19. The fraction of sp³-hybridized carbons (Fsp3) is 0.550. The van der Waals surface area contributed by atoms with Crippen molar-refractivity contribution in [3.05, 3.63) is 33.9 Å². The molecule has 1 saturated heterocycles. The second-order valence-electron chi connectivity index (χ2n) is 7.13. The zero-order valence-corrected chi connectivity index (χ0v) is 16.1. The van der Waals surface area contributed by atoms with Crippen LogP contribution in [-0.4, -0.2) is 22.4 Å². The molecule has 2 heterocycles. The van der Waals surface area contributed by atoms with Gasteiger partial charge in [-0.1, -0.05) is 56.1 Å². The van der Waals surface area contributed by atoms with Crippen molar-refractivity contribution in [1.29, 1.82) is 0 Å². The Hall–Kier alpha value is -1.95. The number of ketones is 1. The molecule has 0 amide bonds. The van der Waals surface area contributed by atoms with Crippen LogP contribution in [0.15, 0.2) is 29.1 Å². The third-order valence-corrected chi connectivity index (χ3v) is 6.29. The Bertz CT molecular complexity index is 868. The number of rotatable bonds is 8. The van der Waals surface area contributed by atoms with Gasteiger partial charge in [-0.2, -0.15) is 0 Å². The number of hydrogen-bond acceptors (Lipinski definition) is 5. The zero-order valence-electron chi connectivity index (χ0n) is 15.3. The predicted molar refractivity (Wildman–Crippen MR) is 102 cm³/mol. The Morgan fingerprint density at radius 3 is 2.77 bits per heavy atom. The van der Waals surface area contributed by atoms with Crippen molar-refractivity contribution < 1.29 is 14.3 Å². The van der Waals surface area contributed by atoms with Gasteiger partial charge in [0.05, 0.1) is 16.8 Å². The van der Waals surface area contributed by atoms with E-state index in [-0.39, 0.29) is 10.7 Å². The maximum Gasteiger partial charge on any atom is 0.320 e. The average Bonchev–Trinajstić information content (AvgIpc) is 3.10. The summed E-state index contributed by atoms with van der Waals surface area (Å²) in [5.41, 5.74) is -0.185. The Morgan fingerprint density at radius 2 is 2.04 bits per heavy atom. The molecule has 26 heavy (non-hydrogen) atoms. The molecule has 1 aliphatic rings. The van der Waals surface area contributed by atoms with Crippen LogP contribution in [0, 0.1) is 5.41 Å². The third kappa shape index (κ3) is 3.47. The molecule has 0 bridgehead atoms. The fourth-order valence-corrected chi connectivity index (χ4v) is 4.69. The molecular weight excluding hydrogens is 350 g/mol. The van der Waals surface area contributed by atoms with E-state index >= 15 is 0 Å². The van der Waals surface area contributed by atoms with E-state index < -0.39 is 17.5 Å². The number of hydrogen-bond donors (Lipinski definition) is 0. The second-order valence-corrected chi connectivity index (χ2v) is 8.12. The molecule has 2 atom stereocenters. The molecule has 1 aliphatic heterocycles. The Kier molecular flexibility index (Phi) is 5.61. The van der Waals surface area contributed by atoms with Crippen LogP contribution in [0.4, 0.5) is 0 Å². The molecule has 2 unspecified atom stereocenters. The lowest BCUT2D eigenvalue weighted by Gasteiger charge is -2.21. The van der Waals surface area contributed by atoms with Gasteiger partial charge in [-0.15, -0.1) is 0 Å². The van der Waals surface area contributed by atoms with Crippen LogP contribution in [0.1, 0.15) is 52.4 Å². The highest BCUT2D eigenvalue weighted by molar-refractivity contribution is 7.16. The minimum absolute atomic E-state index is 0.0643. The van der Waals surface area contributed by atoms with Crippen molar-refractivity contribution in [2.45, 2.75) is 65.0 Å². The molecule has 1 aromatic carbocycles. The molecule has 1 fully saturated rings. The number of thiazole rings is 1. The topological polar surface area (TPSA) is 65.4 Å². The first-order valence-corrected chi connectivity index (χ1v) is 10.1. The maximum atomic E-state index is 12.6. The van der Waals surface area contributed by atoms with E-state index in [1.165, 1.54) is 18.3 Å². The highest BCUT2D eigenvalue weighted by Gasteiger charge is 2.52. The van der Waals surface area contributed by atoms with Crippen LogP contribution in [0.5, 0.6) is 0 Å². The Labute approximate surface area is 157 Å². The Balaban J connectivity index is 1.78. The molecule has 0 N–H and O–H groups in total. The lowest BCUT2D eigenvalue weighted by Crippen LogP contribution is -2.34. The van der Waals surface area contributed by atoms with Crippen molar-refractivity contribution in [1.82, 2.24) is 4.57 Å². The van der Waals surface area contributed by atoms with E-state index in [1.54, 1.807) is 4.57 Å². The maximum absolute atomic E-state index is 12.6. The van der Waals surface area contributed by atoms with Gasteiger partial charge in [-0.05, 0) is 25.5 Å². The van der Waals surface area contributed by atoms with Crippen LogP contribution in [0.25, 0.3) is 10.2 Å². The van der Waals surface area contributed by atoms with E-state index in [1.807, 2.05) is 24.3 Å². The van der Waals surface area contributed by atoms with Crippen LogP contribution in [0.2, 0.25) is 0 Å². The summed E-state index contributed by atoms with van der Waals surface area (Å²) in [5.74, 6) is -0.539. The number of esters is 1. The number of fused-ring (bicyclic) bond motifs is 1. The Morgan fingerprint density at radius 1 is 1.27 bits per heavy atom. The van der Waals surface area contributed by atoms with Gasteiger partial charge < -0.3 is 4.74 Å². The molecule has 140 valence electrons. The van der Waals surface area contributed by atoms with Gasteiger partial charge in [0, 0.05) is 6.42 Å². The van der Waals surface area contributed by atoms with Gasteiger partial charge in [-0.25, -0.2) is 0 Å². The van der Waals surface area contributed by atoms with E-state index in [4.69, 9.17) is 4.74 Å². The van der Waals surface area contributed by atoms with Crippen LogP contribution in [0.3, 0.4) is 0 Å². The highest BCUT2D eigenvalue weighted by Crippen LogP contribution is 2.40. The summed E-state index contributed by atoms with van der Waals surface area (Å²) in [6.07, 6.45) is 4.53. The third-order valence-electron chi connectivity index (χ3n) is 5.33. The van der Waals surface area contributed by atoms with Gasteiger partial charge in [0.1, 0.15) is 17.3 Å². The van der Waals surface area contributed by atoms with Crippen molar-refractivity contribution in [3.63, 3.8) is 0 Å². The SMILES string of the molecule is CCCCCCC1(C(C)=O)CC(Cn2c(=O)sc3ccccc32)OC1=O. The average molecular weight is 375 g/mol. The number of aromatic nitrogens is 1. The number of para-hydroxylation sites is 1. The number of carbonyl (C=O) groups is 2. The molecular formula is C20H25NO4S. The summed E-state index contributed by atoms with van der Waals surface area (Å²) in [7, 11) is 0. The van der Waals surface area contributed by atoms with E-state index in [9.17, 15) is 14.4 Å². The zero-order chi connectivity index (χ0) is 18.7. The van der Waals surface area contributed by atoms with Crippen molar-refractivity contribution >= 4 is 33.3 Å². The standard InChI is InChI=1S/C20H25NO4S/c1-3-4-5-8-11-20(14(2)22)12-15(25-18(20)23)13-21-16-9-6-7-10-17(16)26-19(21)24/h6-7,9-10,15H,3-5,8,11-13H2,1-2H3. The lowest BCUT2D eigenvalue weighted by molar-refractivity contribution is -0.153. The van der Waals surface area contributed by atoms with E-state index in [0.717, 1.165) is 35.9 Å². The molecule has 6 heteroatoms. The summed E-state index contributed by atoms with van der Waals surface area (Å²) in [6.45, 7) is 3.91. The number of unbranched alkanes of at least 4 members (excludes halogenated alkanes) is 3. The number of benzene rings is 1. The molecule has 2 aromatic rings. The number of cyclic esters (lactones) is 1. The van der Waals surface area contributed by atoms with Gasteiger partial charge in [-0.3, -0.25) is 19.0 Å². The summed E-state index contributed by atoms with van der Waals surface area (Å²) < 4.78 is 8.13. The van der Waals surface area contributed by atoms with Crippen molar-refractivity contribution in [2.75, 3.05) is 0 Å². The molecule has 0 spiro atoms. The number of nitrogens with zero attached hydrogens (tertiary/aromatic N) is 1. The molecule has 3 rings (SSSR count). The first kappa shape index (κ1) is 18.8. The first-order chi connectivity index (χ1) is 12.5. The van der Waals surface area contributed by atoms with Gasteiger partial charge in [0.25, 0.3) is 0 Å². The van der Waals surface area contributed by atoms with Crippen LogP contribution < -0.4 is 4.87 Å². The summed E-state index contributed by atoms with van der Waals surface area (Å²) in [6, 6.07) is 7.59. The van der Waals surface area contributed by atoms with Gasteiger partial charge in [0.15, 0.2) is 0 Å². The number of ether oxygens (including phenoxy) is 1. The number of carbonyl (C=O) groups excluding carboxylic acids is 2. The van der Waals surface area contributed by atoms with Crippen LogP contribution in [-0.2, 0) is 20.9 Å². The van der Waals surface area contributed by atoms with Crippen LogP contribution >= 0.6 is 11.3 Å². The predicted octanol–water partition coefficient (Wildman–Crippen LogP) is 3.92. The summed E-state index contributed by atoms with van der Waals surface area (Å²) in [5, 5.41) is 0. The molecule has 0 radical (unpaired) electrons. The van der Waals surface area contributed by atoms with Crippen molar-refractivity contribution in [2.24, 2.45) is 5.41 Å². The number of Topliss-reactive ketones (excluding diaryl/α,β-unsaturated/α-hetero) is 1. The quantitative estimate of drug-likeness (QED) is 0.398. The van der Waals surface area contributed by atoms with Gasteiger partial charge in [0.2, 0.25) is 0 Å². The minimum atomic E-state index is -1.03. The van der Waals surface area contributed by atoms with E-state index in [0.29, 0.717) is 19.4 Å². The van der Waals surface area contributed by atoms with Gasteiger partial charge >= 0.3 is 10.8 Å². The van der Waals surface area contributed by atoms with E-state index in [2.05, 4.69) is 6.92 Å².